The Kier molecular flexibility index (Phi) is 9.69. The van der Waals surface area contributed by atoms with Gasteiger partial charge in [-0.2, -0.15) is 0 Å². The summed E-state index contributed by atoms with van der Waals surface area (Å²) in [5, 5.41) is 21.1. The molecule has 1 aliphatic rings. The van der Waals surface area contributed by atoms with Crippen molar-refractivity contribution < 1.29 is 24.6 Å². The minimum atomic E-state index is -1.82. The van der Waals surface area contributed by atoms with E-state index >= 15 is 0 Å². The van der Waals surface area contributed by atoms with Gasteiger partial charge in [-0.05, 0) is 31.0 Å². The van der Waals surface area contributed by atoms with Crippen LogP contribution in [0.4, 0.5) is 5.69 Å². The highest BCUT2D eigenvalue weighted by Crippen LogP contribution is 2.23. The quantitative estimate of drug-likeness (QED) is 0.432. The smallest absolute Gasteiger partial charge is 0.414 e. The van der Waals surface area contributed by atoms with Crippen LogP contribution in [0.2, 0.25) is 0 Å². The third-order valence-corrected chi connectivity index (χ3v) is 6.71. The van der Waals surface area contributed by atoms with Gasteiger partial charge in [0.2, 0.25) is 5.91 Å². The van der Waals surface area contributed by atoms with Gasteiger partial charge < -0.3 is 15.5 Å². The number of anilines is 1. The lowest BCUT2D eigenvalue weighted by Gasteiger charge is -2.33. The van der Waals surface area contributed by atoms with Gasteiger partial charge in [-0.3, -0.25) is 14.6 Å². The molecule has 1 aromatic heterocycles. The third kappa shape index (κ3) is 7.98. The van der Waals surface area contributed by atoms with E-state index in [4.69, 9.17) is 24.8 Å². The number of carboxylic acids is 2. The van der Waals surface area contributed by atoms with Crippen molar-refractivity contribution in [2.45, 2.75) is 20.4 Å². The summed E-state index contributed by atoms with van der Waals surface area (Å²) in [6, 6.07) is 16.3. The van der Waals surface area contributed by atoms with Crippen molar-refractivity contribution in [2.24, 2.45) is 0 Å². The zero-order valence-corrected chi connectivity index (χ0v) is 21.1. The van der Waals surface area contributed by atoms with Gasteiger partial charge in [0.1, 0.15) is 5.01 Å². The van der Waals surface area contributed by atoms with E-state index in [9.17, 15) is 4.79 Å². The number of nitrogens with one attached hydrogen (secondary N) is 1. The van der Waals surface area contributed by atoms with Crippen LogP contribution in [-0.4, -0.2) is 75.6 Å². The molecule has 0 bridgehead atoms. The van der Waals surface area contributed by atoms with E-state index in [0.29, 0.717) is 6.54 Å². The van der Waals surface area contributed by atoms with Crippen molar-refractivity contribution in [1.29, 1.82) is 0 Å². The summed E-state index contributed by atoms with van der Waals surface area (Å²) in [4.78, 5) is 40.1. The highest BCUT2D eigenvalue weighted by Gasteiger charge is 2.20. The van der Waals surface area contributed by atoms with E-state index in [1.165, 1.54) is 11.1 Å². The van der Waals surface area contributed by atoms with Crippen LogP contribution in [0.25, 0.3) is 11.3 Å². The highest BCUT2D eigenvalue weighted by molar-refractivity contribution is 7.09. The Morgan fingerprint density at radius 2 is 1.56 bits per heavy atom. The summed E-state index contributed by atoms with van der Waals surface area (Å²) < 4.78 is 0. The molecular formula is C26H30N4O5S. The van der Waals surface area contributed by atoms with Crippen LogP contribution >= 0.6 is 11.3 Å². The molecule has 1 aliphatic heterocycles. The molecule has 9 nitrogen and oxygen atoms in total. The van der Waals surface area contributed by atoms with Crippen molar-refractivity contribution in [1.82, 2.24) is 14.8 Å². The largest absolute Gasteiger partial charge is 0.473 e. The zero-order chi connectivity index (χ0) is 26.1. The lowest BCUT2D eigenvalue weighted by atomic mass is 10.1. The van der Waals surface area contributed by atoms with Crippen molar-refractivity contribution in [2.75, 3.05) is 38.0 Å². The Balaban J connectivity index is 0.000000538. The number of piperazine rings is 1. The average Bonchev–Trinajstić information content (AvgIpc) is 3.33. The number of carboxylic acid groups (broad SMARTS) is 2. The van der Waals surface area contributed by atoms with E-state index in [0.717, 1.165) is 54.7 Å². The predicted molar refractivity (Wildman–Crippen MR) is 139 cm³/mol. The Morgan fingerprint density at radius 3 is 2.19 bits per heavy atom. The summed E-state index contributed by atoms with van der Waals surface area (Å²) >= 11 is 1.72. The van der Waals surface area contributed by atoms with Gasteiger partial charge >= 0.3 is 11.9 Å². The number of carbonyl (C=O) groups excluding carboxylic acids is 1. The van der Waals surface area contributed by atoms with Crippen LogP contribution in [-0.2, 0) is 20.9 Å². The molecule has 1 fully saturated rings. The Bertz CT molecular complexity index is 1180. The molecule has 0 radical (unpaired) electrons. The molecule has 0 atom stereocenters. The molecule has 1 saturated heterocycles. The topological polar surface area (TPSA) is 123 Å². The molecule has 0 saturated carbocycles. The molecule has 3 N–H and O–H groups in total. The lowest BCUT2D eigenvalue weighted by molar-refractivity contribution is -0.159. The van der Waals surface area contributed by atoms with E-state index in [-0.39, 0.29) is 5.91 Å². The van der Waals surface area contributed by atoms with Crippen molar-refractivity contribution in [3.05, 3.63) is 70.0 Å². The van der Waals surface area contributed by atoms with Gasteiger partial charge in [-0.1, -0.05) is 42.5 Å². The van der Waals surface area contributed by atoms with Gasteiger partial charge in [0.15, 0.2) is 0 Å². The molecule has 4 rings (SSSR count). The molecule has 10 heteroatoms. The molecule has 3 aromatic rings. The molecule has 2 heterocycles. The minimum absolute atomic E-state index is 0.0598. The second-order valence-electron chi connectivity index (χ2n) is 8.45. The number of hydrogen-bond donors (Lipinski definition) is 3. The lowest BCUT2D eigenvalue weighted by Crippen LogP contribution is -2.48. The maximum atomic E-state index is 12.5. The maximum Gasteiger partial charge on any atom is 0.414 e. The first kappa shape index (κ1) is 27.0. The van der Waals surface area contributed by atoms with Crippen LogP contribution in [0.3, 0.4) is 0 Å². The van der Waals surface area contributed by atoms with E-state index in [2.05, 4.69) is 45.6 Å². The average molecular weight is 511 g/mol. The summed E-state index contributed by atoms with van der Waals surface area (Å²) in [6.07, 6.45) is 0. The fourth-order valence-electron chi connectivity index (χ4n) is 3.70. The number of benzene rings is 2. The number of hydrogen-bond acceptors (Lipinski definition) is 7. The molecule has 2 aromatic carbocycles. The Labute approximate surface area is 214 Å². The summed E-state index contributed by atoms with van der Waals surface area (Å²) in [7, 11) is 0. The summed E-state index contributed by atoms with van der Waals surface area (Å²) in [5.41, 5.74) is 5.46. The van der Waals surface area contributed by atoms with Crippen LogP contribution in [0.1, 0.15) is 16.1 Å². The van der Waals surface area contributed by atoms with Crippen molar-refractivity contribution in [3.63, 3.8) is 0 Å². The number of aromatic nitrogens is 1. The standard InChI is InChI=1S/C24H28N4OS.C2H2O4/c1-18-7-6-10-21(19(18)2)25-23(29)15-27-11-13-28(14-12-27)16-24-26-22(17-30-24)20-8-4-3-5-9-20;3-1(4)2(5)6/h3-10,17H,11-16H2,1-2H3,(H,25,29);(H,3,4)(H,5,6). The predicted octanol–water partition coefficient (Wildman–Crippen LogP) is 3.34. The number of thiazole rings is 1. The summed E-state index contributed by atoms with van der Waals surface area (Å²) in [5.74, 6) is -3.59. The number of aryl methyl sites for hydroxylation is 1. The fraction of sp³-hybridized carbons (Fsp3) is 0.308. The second kappa shape index (κ2) is 12.9. The molecule has 0 spiro atoms. The summed E-state index contributed by atoms with van der Waals surface area (Å²) in [6.45, 7) is 9.14. The maximum absolute atomic E-state index is 12.5. The number of rotatable bonds is 6. The first-order valence-corrected chi connectivity index (χ1v) is 12.4. The van der Waals surface area contributed by atoms with Crippen LogP contribution in [0, 0.1) is 13.8 Å². The Hall–Kier alpha value is -3.60. The van der Waals surface area contributed by atoms with E-state index in [1.807, 2.05) is 37.3 Å². The Morgan fingerprint density at radius 1 is 0.917 bits per heavy atom. The monoisotopic (exact) mass is 510 g/mol. The molecule has 1 amide bonds. The van der Waals surface area contributed by atoms with Crippen LogP contribution < -0.4 is 5.32 Å². The van der Waals surface area contributed by atoms with Gasteiger partial charge in [0.25, 0.3) is 0 Å². The van der Waals surface area contributed by atoms with Gasteiger partial charge in [-0.25, -0.2) is 14.6 Å². The second-order valence-corrected chi connectivity index (χ2v) is 9.39. The van der Waals surface area contributed by atoms with Gasteiger partial charge in [0, 0.05) is 42.8 Å². The zero-order valence-electron chi connectivity index (χ0n) is 20.3. The molecule has 190 valence electrons. The minimum Gasteiger partial charge on any atom is -0.473 e. The van der Waals surface area contributed by atoms with Crippen LogP contribution in [0.15, 0.2) is 53.9 Å². The van der Waals surface area contributed by atoms with E-state index in [1.54, 1.807) is 11.3 Å². The first-order valence-electron chi connectivity index (χ1n) is 11.5. The van der Waals surface area contributed by atoms with Crippen molar-refractivity contribution >= 4 is 34.9 Å². The normalized spacial score (nSPS) is 13.9. The molecule has 0 unspecified atom stereocenters. The SMILES string of the molecule is Cc1cccc(NC(=O)CN2CCN(Cc3nc(-c4ccccc4)cs3)CC2)c1C.O=C(O)C(=O)O. The first-order chi connectivity index (χ1) is 17.2. The highest BCUT2D eigenvalue weighted by atomic mass is 32.1. The number of aliphatic carboxylic acids is 2. The molecular weight excluding hydrogens is 480 g/mol. The molecule has 36 heavy (non-hydrogen) atoms. The third-order valence-electron chi connectivity index (χ3n) is 5.87. The number of nitrogens with zero attached hydrogens (tertiary/aromatic N) is 3. The van der Waals surface area contributed by atoms with Crippen molar-refractivity contribution in [3.8, 4) is 11.3 Å². The van der Waals surface area contributed by atoms with Crippen LogP contribution in [0.5, 0.6) is 0 Å². The number of amides is 1. The van der Waals surface area contributed by atoms with Gasteiger partial charge in [0.05, 0.1) is 18.8 Å². The fourth-order valence-corrected chi connectivity index (χ4v) is 4.55. The number of carbonyl (C=O) groups is 3. The molecule has 0 aliphatic carbocycles. The van der Waals surface area contributed by atoms with Gasteiger partial charge in [-0.15, -0.1) is 11.3 Å². The van der Waals surface area contributed by atoms with E-state index < -0.39 is 11.9 Å².